The van der Waals surface area contributed by atoms with Gasteiger partial charge in [0.2, 0.25) is 5.69 Å². The maximum Gasteiger partial charge on any atom is 0.540 e. The molecule has 8 heteroatoms. The maximum atomic E-state index is 5.99. The van der Waals surface area contributed by atoms with Gasteiger partial charge in [-0.1, -0.05) is 66.6 Å². The van der Waals surface area contributed by atoms with E-state index in [1.807, 2.05) is 0 Å². The third-order valence-electron chi connectivity index (χ3n) is 2.48. The monoisotopic (exact) mass is 398 g/mol. The Morgan fingerprint density at radius 3 is 1.33 bits per heavy atom. The van der Waals surface area contributed by atoms with Crippen LogP contribution in [0.2, 0.25) is 0 Å². The van der Waals surface area contributed by atoms with Gasteiger partial charge in [0.15, 0.2) is 0 Å². The molecular weight excluding hydrogens is 362 g/mol. The first-order valence-electron chi connectivity index (χ1n) is 8.84. The zero-order valence-electron chi connectivity index (χ0n) is 16.6. The minimum Gasteiger partial charge on any atom is -0.401 e. The van der Waals surface area contributed by atoms with Gasteiger partial charge in [-0.2, -0.15) is 0 Å². The zero-order chi connectivity index (χ0) is 18.8. The molecule has 0 aliphatic heterocycles. The lowest BCUT2D eigenvalue weighted by Gasteiger charge is -2.26. The van der Waals surface area contributed by atoms with E-state index in [0.717, 1.165) is 0 Å². The summed E-state index contributed by atoms with van der Waals surface area (Å²) in [6.07, 6.45) is -0.444. The standard InChI is InChI=1S/C16H36BO4PS2/c1-13(2)9-18-17(19-10-14(3)4)24-22(23,20-11-15(5)6)21-12-16(7)8/h13-16H,9-12H2,1-8H3. The highest BCUT2D eigenvalue weighted by Crippen LogP contribution is 2.62. The first-order chi connectivity index (χ1) is 11.0. The van der Waals surface area contributed by atoms with Crippen LogP contribution in [0, 0.1) is 23.7 Å². The van der Waals surface area contributed by atoms with Crippen molar-refractivity contribution >= 4 is 35.1 Å². The Morgan fingerprint density at radius 2 is 1.04 bits per heavy atom. The lowest BCUT2D eigenvalue weighted by molar-refractivity contribution is 0.179. The van der Waals surface area contributed by atoms with E-state index in [0.29, 0.717) is 50.1 Å². The van der Waals surface area contributed by atoms with Crippen molar-refractivity contribution < 1.29 is 18.4 Å². The first kappa shape index (κ1) is 24.9. The van der Waals surface area contributed by atoms with Gasteiger partial charge in [0.05, 0.1) is 13.2 Å². The second kappa shape index (κ2) is 13.1. The van der Waals surface area contributed by atoms with Crippen molar-refractivity contribution in [1.82, 2.24) is 0 Å². The molecule has 0 heterocycles. The van der Waals surface area contributed by atoms with Gasteiger partial charge in [0.25, 0.3) is 0 Å². The van der Waals surface area contributed by atoms with Crippen molar-refractivity contribution in [2.45, 2.75) is 55.4 Å². The van der Waals surface area contributed by atoms with Crippen LogP contribution >= 0.6 is 16.9 Å². The fourth-order valence-electron chi connectivity index (χ4n) is 1.34. The first-order valence-corrected chi connectivity index (χ1v) is 13.0. The van der Waals surface area contributed by atoms with Crippen molar-refractivity contribution in [2.24, 2.45) is 23.7 Å². The summed E-state index contributed by atoms with van der Waals surface area (Å²) in [5.41, 5.74) is -2.50. The van der Waals surface area contributed by atoms with Gasteiger partial charge in [-0.15, -0.1) is 0 Å². The second-order valence-corrected chi connectivity index (χ2v) is 13.9. The summed E-state index contributed by atoms with van der Waals surface area (Å²) >= 11 is 7.14. The van der Waals surface area contributed by atoms with E-state index < -0.39 is 12.1 Å². The van der Waals surface area contributed by atoms with Crippen LogP contribution in [-0.4, -0.2) is 32.8 Å². The van der Waals surface area contributed by atoms with Gasteiger partial charge in [-0.05, 0) is 35.5 Å². The van der Waals surface area contributed by atoms with Crippen LogP contribution in [0.15, 0.2) is 0 Å². The average molecular weight is 398 g/mol. The van der Waals surface area contributed by atoms with E-state index in [1.165, 1.54) is 11.2 Å². The van der Waals surface area contributed by atoms with Gasteiger partial charge in [-0.3, -0.25) is 0 Å². The van der Waals surface area contributed by atoms with Crippen LogP contribution in [-0.2, 0) is 30.2 Å². The Hall–Kier alpha value is 0.905. The summed E-state index contributed by atoms with van der Waals surface area (Å²) in [7, 11) is 0. The molecule has 0 N–H and O–H groups in total. The number of hydrogen-bond donors (Lipinski definition) is 0. The molecule has 0 aromatic rings. The Labute approximate surface area is 159 Å². The predicted octanol–water partition coefficient (Wildman–Crippen LogP) is 5.62. The summed E-state index contributed by atoms with van der Waals surface area (Å²) in [5, 5.41) is 0. The third-order valence-corrected chi connectivity index (χ3v) is 7.44. The quantitative estimate of drug-likeness (QED) is 0.279. The van der Waals surface area contributed by atoms with Crippen LogP contribution < -0.4 is 0 Å². The SMILES string of the molecule is CC(C)COB(OCC(C)C)SP(=S)(OCC(C)C)OCC(C)C. The molecule has 0 aromatic heterocycles. The van der Waals surface area contributed by atoms with E-state index in [9.17, 15) is 0 Å². The van der Waals surface area contributed by atoms with Gasteiger partial charge < -0.3 is 18.4 Å². The van der Waals surface area contributed by atoms with Crippen molar-refractivity contribution in [3.8, 4) is 0 Å². The van der Waals surface area contributed by atoms with Gasteiger partial charge in [0, 0.05) is 13.2 Å². The Morgan fingerprint density at radius 1 is 0.708 bits per heavy atom. The van der Waals surface area contributed by atoms with E-state index in [-0.39, 0.29) is 0 Å². The highest BCUT2D eigenvalue weighted by atomic mass is 32.9. The van der Waals surface area contributed by atoms with E-state index in [2.05, 4.69) is 55.4 Å². The normalized spacial score (nSPS) is 12.8. The Kier molecular flexibility index (Phi) is 13.6. The molecule has 0 saturated carbocycles. The molecule has 0 aromatic carbocycles. The molecule has 0 radical (unpaired) electrons. The van der Waals surface area contributed by atoms with Crippen molar-refractivity contribution in [1.29, 1.82) is 0 Å². The summed E-state index contributed by atoms with van der Waals surface area (Å²) in [6, 6.07) is 0. The molecule has 144 valence electrons. The fourth-order valence-corrected chi connectivity index (χ4v) is 5.71. The highest BCUT2D eigenvalue weighted by Gasteiger charge is 2.33. The molecular formula is C16H36BO4PS2. The zero-order valence-corrected chi connectivity index (χ0v) is 19.1. The summed E-state index contributed by atoms with van der Waals surface area (Å²) < 4.78 is 23.8. The van der Waals surface area contributed by atoms with Crippen molar-refractivity contribution in [3.63, 3.8) is 0 Å². The van der Waals surface area contributed by atoms with Gasteiger partial charge >= 0.3 is 6.40 Å². The Bertz CT molecular complexity index is 340. The lowest BCUT2D eigenvalue weighted by Crippen LogP contribution is -2.24. The van der Waals surface area contributed by atoms with Crippen LogP contribution in [0.3, 0.4) is 0 Å². The van der Waals surface area contributed by atoms with Crippen LogP contribution in [0.25, 0.3) is 0 Å². The molecule has 0 rings (SSSR count). The van der Waals surface area contributed by atoms with E-state index in [4.69, 9.17) is 30.2 Å². The molecule has 0 amide bonds. The summed E-state index contributed by atoms with van der Waals surface area (Å²) in [4.78, 5) is 0. The molecule has 0 spiro atoms. The lowest BCUT2D eigenvalue weighted by atomic mass is 10.2. The van der Waals surface area contributed by atoms with Crippen LogP contribution in [0.5, 0.6) is 0 Å². The average Bonchev–Trinajstić information content (AvgIpc) is 2.46. The number of hydrogen-bond acceptors (Lipinski definition) is 6. The van der Waals surface area contributed by atoms with E-state index >= 15 is 0 Å². The largest absolute Gasteiger partial charge is 0.540 e. The molecule has 0 bridgehead atoms. The smallest absolute Gasteiger partial charge is 0.401 e. The fraction of sp³-hybridized carbons (Fsp3) is 1.00. The van der Waals surface area contributed by atoms with Crippen LogP contribution in [0.1, 0.15) is 55.4 Å². The molecule has 0 unspecified atom stereocenters. The molecule has 0 aliphatic carbocycles. The molecule has 0 aliphatic rings. The van der Waals surface area contributed by atoms with Gasteiger partial charge in [-0.25, -0.2) is 0 Å². The minimum atomic E-state index is -2.50. The maximum absolute atomic E-state index is 5.99. The van der Waals surface area contributed by atoms with Gasteiger partial charge in [0.1, 0.15) is 0 Å². The highest BCUT2D eigenvalue weighted by molar-refractivity contribution is 8.77. The summed E-state index contributed by atoms with van der Waals surface area (Å²) in [6.45, 7) is 19.3. The molecule has 4 nitrogen and oxygen atoms in total. The molecule has 0 saturated heterocycles. The second-order valence-electron chi connectivity index (χ2n) is 7.67. The van der Waals surface area contributed by atoms with Crippen molar-refractivity contribution in [2.75, 3.05) is 26.4 Å². The van der Waals surface area contributed by atoms with Crippen molar-refractivity contribution in [3.05, 3.63) is 0 Å². The predicted molar refractivity (Wildman–Crippen MR) is 111 cm³/mol. The third kappa shape index (κ3) is 14.1. The Balaban J connectivity index is 4.90. The molecule has 24 heavy (non-hydrogen) atoms. The molecule has 0 fully saturated rings. The minimum absolute atomic E-state index is 0.405. The molecule has 0 atom stereocenters. The topological polar surface area (TPSA) is 36.9 Å². The van der Waals surface area contributed by atoms with E-state index in [1.54, 1.807) is 0 Å². The number of rotatable bonds is 14. The van der Waals surface area contributed by atoms with Crippen LogP contribution in [0.4, 0.5) is 0 Å². The summed E-state index contributed by atoms with van der Waals surface area (Å²) in [5.74, 6) is 1.67.